The second kappa shape index (κ2) is 2.32. The fourth-order valence-corrected chi connectivity index (χ4v) is 1.24. The standard InChI is InChI=1S/C7H12O3/c1-7(10)4-2-3-5(8)6(7)9/h6,9-10H,2-4H2,1H3. The van der Waals surface area contributed by atoms with Gasteiger partial charge in [-0.2, -0.15) is 0 Å². The van der Waals surface area contributed by atoms with Crippen molar-refractivity contribution in [3.05, 3.63) is 0 Å². The second-order valence-electron chi connectivity index (χ2n) is 3.08. The lowest BCUT2D eigenvalue weighted by Gasteiger charge is -2.31. The van der Waals surface area contributed by atoms with Gasteiger partial charge in [-0.05, 0) is 19.8 Å². The van der Waals surface area contributed by atoms with E-state index in [1.807, 2.05) is 0 Å². The van der Waals surface area contributed by atoms with Crippen LogP contribution in [0.1, 0.15) is 26.2 Å². The fraction of sp³-hybridized carbons (Fsp3) is 0.857. The molecular formula is C7H12O3. The zero-order valence-corrected chi connectivity index (χ0v) is 6.00. The number of Topliss-reactive ketones (excluding diaryl/α,β-unsaturated/α-hetero) is 1. The van der Waals surface area contributed by atoms with E-state index in [2.05, 4.69) is 0 Å². The summed E-state index contributed by atoms with van der Waals surface area (Å²) in [5.74, 6) is -0.240. The number of hydrogen-bond donors (Lipinski definition) is 2. The minimum atomic E-state index is -1.19. The normalized spacial score (nSPS) is 41.9. The molecule has 2 unspecified atom stereocenters. The highest BCUT2D eigenvalue weighted by atomic mass is 16.3. The lowest BCUT2D eigenvalue weighted by Crippen LogP contribution is -2.47. The van der Waals surface area contributed by atoms with Crippen LogP contribution in [0.15, 0.2) is 0 Å². The number of ketones is 1. The van der Waals surface area contributed by atoms with Crippen molar-refractivity contribution in [2.24, 2.45) is 0 Å². The molecule has 0 aromatic heterocycles. The Balaban J connectivity index is 2.69. The van der Waals surface area contributed by atoms with E-state index in [4.69, 9.17) is 5.11 Å². The van der Waals surface area contributed by atoms with Gasteiger partial charge in [0.15, 0.2) is 5.78 Å². The van der Waals surface area contributed by atoms with Crippen LogP contribution in [0.3, 0.4) is 0 Å². The number of carbonyl (C=O) groups excluding carboxylic acids is 1. The topological polar surface area (TPSA) is 57.5 Å². The van der Waals surface area contributed by atoms with Crippen LogP contribution in [0, 0.1) is 0 Å². The summed E-state index contributed by atoms with van der Waals surface area (Å²) in [6, 6.07) is 0. The van der Waals surface area contributed by atoms with Gasteiger partial charge in [-0.1, -0.05) is 0 Å². The smallest absolute Gasteiger partial charge is 0.164 e. The second-order valence-corrected chi connectivity index (χ2v) is 3.08. The molecule has 0 aromatic carbocycles. The SMILES string of the molecule is CC1(O)CCCC(=O)C1O. The maximum Gasteiger partial charge on any atom is 0.164 e. The number of aliphatic hydroxyl groups excluding tert-OH is 1. The van der Waals surface area contributed by atoms with Crippen LogP contribution >= 0.6 is 0 Å². The van der Waals surface area contributed by atoms with Crippen LogP contribution in [0.25, 0.3) is 0 Å². The number of rotatable bonds is 0. The van der Waals surface area contributed by atoms with Gasteiger partial charge in [-0.15, -0.1) is 0 Å². The van der Waals surface area contributed by atoms with Crippen molar-refractivity contribution in [3.63, 3.8) is 0 Å². The molecule has 1 aliphatic carbocycles. The van der Waals surface area contributed by atoms with Gasteiger partial charge in [0.2, 0.25) is 0 Å². The molecule has 2 N–H and O–H groups in total. The third-order valence-electron chi connectivity index (χ3n) is 2.00. The van der Waals surface area contributed by atoms with Crippen LogP contribution in [0.5, 0.6) is 0 Å². The van der Waals surface area contributed by atoms with Gasteiger partial charge < -0.3 is 10.2 Å². The van der Waals surface area contributed by atoms with Gasteiger partial charge in [-0.25, -0.2) is 0 Å². The third-order valence-corrected chi connectivity index (χ3v) is 2.00. The average molecular weight is 144 g/mol. The average Bonchev–Trinajstić information content (AvgIpc) is 1.83. The first-order valence-corrected chi connectivity index (χ1v) is 3.47. The molecule has 58 valence electrons. The molecule has 1 fully saturated rings. The Hall–Kier alpha value is -0.410. The highest BCUT2D eigenvalue weighted by molar-refractivity contribution is 5.84. The Morgan fingerprint density at radius 2 is 2.30 bits per heavy atom. The van der Waals surface area contributed by atoms with Crippen LogP contribution in [-0.4, -0.2) is 27.7 Å². The molecule has 1 rings (SSSR count). The maximum atomic E-state index is 10.8. The van der Waals surface area contributed by atoms with E-state index >= 15 is 0 Å². The van der Waals surface area contributed by atoms with Crippen molar-refractivity contribution in [1.29, 1.82) is 0 Å². The summed E-state index contributed by atoms with van der Waals surface area (Å²) in [5, 5.41) is 18.4. The molecule has 0 aromatic rings. The summed E-state index contributed by atoms with van der Waals surface area (Å²) in [6.45, 7) is 1.49. The molecule has 10 heavy (non-hydrogen) atoms. The lowest BCUT2D eigenvalue weighted by atomic mass is 9.83. The molecule has 1 aliphatic rings. The molecule has 0 heterocycles. The minimum absolute atomic E-state index is 0.240. The summed E-state index contributed by atoms with van der Waals surface area (Å²) in [4.78, 5) is 10.8. The van der Waals surface area contributed by atoms with E-state index in [0.29, 0.717) is 19.3 Å². The van der Waals surface area contributed by atoms with Crippen molar-refractivity contribution < 1.29 is 15.0 Å². The van der Waals surface area contributed by atoms with Crippen LogP contribution in [-0.2, 0) is 4.79 Å². The predicted octanol–water partition coefficient (Wildman–Crippen LogP) is -0.149. The Kier molecular flexibility index (Phi) is 1.79. The van der Waals surface area contributed by atoms with Crippen LogP contribution in [0.4, 0.5) is 0 Å². The van der Waals surface area contributed by atoms with E-state index in [-0.39, 0.29) is 5.78 Å². The first-order valence-electron chi connectivity index (χ1n) is 3.47. The van der Waals surface area contributed by atoms with Gasteiger partial charge in [0.1, 0.15) is 6.10 Å². The lowest BCUT2D eigenvalue weighted by molar-refractivity contribution is -0.148. The quantitative estimate of drug-likeness (QED) is 0.497. The largest absolute Gasteiger partial charge is 0.387 e. The van der Waals surface area contributed by atoms with Crippen molar-refractivity contribution >= 4 is 5.78 Å². The molecular weight excluding hydrogens is 132 g/mol. The summed E-state index contributed by atoms with van der Waals surface area (Å²) in [5.41, 5.74) is -1.19. The van der Waals surface area contributed by atoms with E-state index in [1.165, 1.54) is 6.92 Å². The van der Waals surface area contributed by atoms with Crippen molar-refractivity contribution in [3.8, 4) is 0 Å². The number of carbonyl (C=O) groups is 1. The summed E-state index contributed by atoms with van der Waals surface area (Å²) < 4.78 is 0. The Labute approximate surface area is 59.7 Å². The molecule has 0 aliphatic heterocycles. The first kappa shape index (κ1) is 7.69. The van der Waals surface area contributed by atoms with Gasteiger partial charge >= 0.3 is 0 Å². The molecule has 0 bridgehead atoms. The van der Waals surface area contributed by atoms with E-state index in [0.717, 1.165) is 0 Å². The number of aliphatic hydroxyl groups is 2. The van der Waals surface area contributed by atoms with Gasteiger partial charge in [0.05, 0.1) is 5.60 Å². The summed E-state index contributed by atoms with van der Waals surface area (Å²) >= 11 is 0. The zero-order chi connectivity index (χ0) is 7.78. The van der Waals surface area contributed by atoms with Crippen molar-refractivity contribution in [2.75, 3.05) is 0 Å². The summed E-state index contributed by atoms with van der Waals surface area (Å²) in [7, 11) is 0. The van der Waals surface area contributed by atoms with Gasteiger partial charge in [-0.3, -0.25) is 4.79 Å². The van der Waals surface area contributed by atoms with Gasteiger partial charge in [0, 0.05) is 6.42 Å². The van der Waals surface area contributed by atoms with E-state index in [9.17, 15) is 9.90 Å². The molecule has 0 amide bonds. The van der Waals surface area contributed by atoms with E-state index < -0.39 is 11.7 Å². The number of hydrogen-bond acceptors (Lipinski definition) is 3. The third kappa shape index (κ3) is 1.20. The molecule has 2 atom stereocenters. The highest BCUT2D eigenvalue weighted by Crippen LogP contribution is 2.25. The molecule has 0 radical (unpaired) electrons. The summed E-state index contributed by atoms with van der Waals surface area (Å²) in [6.07, 6.45) is 0.432. The Morgan fingerprint density at radius 1 is 1.70 bits per heavy atom. The Morgan fingerprint density at radius 3 is 2.70 bits per heavy atom. The molecule has 3 heteroatoms. The molecule has 0 saturated heterocycles. The highest BCUT2D eigenvalue weighted by Gasteiger charge is 2.38. The zero-order valence-electron chi connectivity index (χ0n) is 6.00. The molecule has 0 spiro atoms. The van der Waals surface area contributed by atoms with E-state index in [1.54, 1.807) is 0 Å². The molecule has 3 nitrogen and oxygen atoms in total. The van der Waals surface area contributed by atoms with Crippen LogP contribution < -0.4 is 0 Å². The first-order chi connectivity index (χ1) is 4.54. The van der Waals surface area contributed by atoms with Crippen LogP contribution in [0.2, 0.25) is 0 Å². The van der Waals surface area contributed by atoms with Crippen molar-refractivity contribution in [2.45, 2.75) is 37.9 Å². The monoisotopic (exact) mass is 144 g/mol. The Bertz CT molecular complexity index is 151. The maximum absolute atomic E-state index is 10.8. The fourth-order valence-electron chi connectivity index (χ4n) is 1.24. The predicted molar refractivity (Wildman–Crippen MR) is 35.5 cm³/mol. The van der Waals surface area contributed by atoms with Crippen molar-refractivity contribution in [1.82, 2.24) is 0 Å². The van der Waals surface area contributed by atoms with Gasteiger partial charge in [0.25, 0.3) is 0 Å². The molecule has 1 saturated carbocycles. The minimum Gasteiger partial charge on any atom is -0.387 e.